The van der Waals surface area contributed by atoms with Crippen molar-refractivity contribution in [2.45, 2.75) is 52.2 Å². The van der Waals surface area contributed by atoms with E-state index in [0.717, 1.165) is 5.56 Å². The van der Waals surface area contributed by atoms with Crippen LogP contribution in [0.2, 0.25) is 0 Å². The maximum absolute atomic E-state index is 13.8. The van der Waals surface area contributed by atoms with Crippen LogP contribution < -0.4 is 5.32 Å². The second-order valence-corrected chi connectivity index (χ2v) is 10.4. The van der Waals surface area contributed by atoms with E-state index in [2.05, 4.69) is 10.4 Å². The van der Waals surface area contributed by atoms with Crippen LogP contribution in [-0.2, 0) is 4.79 Å². The predicted molar refractivity (Wildman–Crippen MR) is 129 cm³/mol. The first kappa shape index (κ1) is 22.3. The molecule has 1 unspecified atom stereocenters. The van der Waals surface area contributed by atoms with Gasteiger partial charge in [-0.15, -0.1) is 11.8 Å². The van der Waals surface area contributed by atoms with Crippen LogP contribution in [0, 0.1) is 0 Å². The third-order valence-corrected chi connectivity index (χ3v) is 6.31. The monoisotopic (exact) mass is 451 g/mol. The van der Waals surface area contributed by atoms with Gasteiger partial charge in [0.25, 0.3) is 5.91 Å². The van der Waals surface area contributed by atoms with E-state index in [1.807, 2.05) is 75.7 Å². The number of nitrogens with one attached hydrogen (secondary N) is 1. The lowest BCUT2D eigenvalue weighted by Crippen LogP contribution is -2.52. The van der Waals surface area contributed by atoms with Crippen molar-refractivity contribution in [3.63, 3.8) is 0 Å². The van der Waals surface area contributed by atoms with Crippen LogP contribution in [-0.4, -0.2) is 54.7 Å². The molecule has 1 saturated heterocycles. The Balaban J connectivity index is 1.79. The van der Waals surface area contributed by atoms with Crippen molar-refractivity contribution >= 4 is 34.6 Å². The third kappa shape index (κ3) is 4.37. The standard InChI is InChI=1S/C24H29N5O2S/c1-15(2)29-21-18(12-25-29)17(11-19(26-21)16-9-7-6-8-10-16)23(31)28-14-32-13-20(28)22(30)27-24(3,4)5/h6-12,15,20H,13-14H2,1-5H3,(H,27,30). The normalized spacial score (nSPS) is 16.7. The molecule has 2 aromatic heterocycles. The van der Waals surface area contributed by atoms with Crippen molar-refractivity contribution in [2.75, 3.05) is 11.6 Å². The van der Waals surface area contributed by atoms with Gasteiger partial charge in [-0.25, -0.2) is 9.67 Å². The molecule has 1 aliphatic rings. The minimum Gasteiger partial charge on any atom is -0.350 e. The van der Waals surface area contributed by atoms with Gasteiger partial charge in [-0.05, 0) is 40.7 Å². The highest BCUT2D eigenvalue weighted by Gasteiger charge is 2.37. The zero-order chi connectivity index (χ0) is 23.0. The second-order valence-electron chi connectivity index (χ2n) is 9.37. The zero-order valence-corrected chi connectivity index (χ0v) is 19.9. The third-order valence-electron chi connectivity index (χ3n) is 5.30. The molecule has 4 rings (SSSR count). The second kappa shape index (κ2) is 8.58. The number of amides is 2. The topological polar surface area (TPSA) is 80.1 Å². The van der Waals surface area contributed by atoms with Crippen LogP contribution in [0.1, 0.15) is 51.0 Å². The summed E-state index contributed by atoms with van der Waals surface area (Å²) in [4.78, 5) is 33.2. The van der Waals surface area contributed by atoms with Crippen LogP contribution >= 0.6 is 11.8 Å². The Labute approximate surface area is 192 Å². The number of rotatable bonds is 4. The first-order valence-electron chi connectivity index (χ1n) is 10.8. The molecule has 0 aliphatic carbocycles. The maximum atomic E-state index is 13.8. The van der Waals surface area contributed by atoms with Gasteiger partial charge in [0, 0.05) is 22.9 Å². The van der Waals surface area contributed by atoms with Gasteiger partial charge in [0.1, 0.15) is 6.04 Å². The van der Waals surface area contributed by atoms with Gasteiger partial charge in [0.2, 0.25) is 5.91 Å². The largest absolute Gasteiger partial charge is 0.350 e. The summed E-state index contributed by atoms with van der Waals surface area (Å²) in [5, 5.41) is 8.22. The minimum atomic E-state index is -0.504. The molecule has 0 radical (unpaired) electrons. The molecule has 1 fully saturated rings. The van der Waals surface area contributed by atoms with Crippen molar-refractivity contribution in [1.82, 2.24) is 25.0 Å². The van der Waals surface area contributed by atoms with Gasteiger partial charge in [-0.1, -0.05) is 30.3 Å². The Bertz CT molecular complexity index is 1150. The summed E-state index contributed by atoms with van der Waals surface area (Å²) < 4.78 is 1.83. The van der Waals surface area contributed by atoms with Gasteiger partial charge in [-0.3, -0.25) is 9.59 Å². The van der Waals surface area contributed by atoms with Crippen molar-refractivity contribution < 1.29 is 9.59 Å². The van der Waals surface area contributed by atoms with Crippen molar-refractivity contribution in [1.29, 1.82) is 0 Å². The van der Waals surface area contributed by atoms with Crippen LogP contribution in [0.25, 0.3) is 22.3 Å². The molecule has 2 amide bonds. The highest BCUT2D eigenvalue weighted by atomic mass is 32.2. The van der Waals surface area contributed by atoms with E-state index in [4.69, 9.17) is 4.98 Å². The molecule has 0 spiro atoms. The lowest BCUT2D eigenvalue weighted by Gasteiger charge is -2.28. The number of hydrogen-bond acceptors (Lipinski definition) is 5. The molecule has 32 heavy (non-hydrogen) atoms. The summed E-state index contributed by atoms with van der Waals surface area (Å²) in [6.07, 6.45) is 1.71. The summed E-state index contributed by atoms with van der Waals surface area (Å²) in [7, 11) is 0. The van der Waals surface area contributed by atoms with Crippen LogP contribution in [0.15, 0.2) is 42.6 Å². The average Bonchev–Trinajstić information content (AvgIpc) is 3.39. The van der Waals surface area contributed by atoms with E-state index >= 15 is 0 Å². The predicted octanol–water partition coefficient (Wildman–Crippen LogP) is 4.11. The fourth-order valence-electron chi connectivity index (χ4n) is 3.80. The SMILES string of the molecule is CC(C)n1ncc2c(C(=O)N3CSCC3C(=O)NC(C)(C)C)cc(-c3ccccc3)nc21. The van der Waals surface area contributed by atoms with Gasteiger partial charge >= 0.3 is 0 Å². The molecule has 1 aliphatic heterocycles. The highest BCUT2D eigenvalue weighted by molar-refractivity contribution is 7.99. The molecule has 3 heterocycles. The van der Waals surface area contributed by atoms with Gasteiger partial charge in [-0.2, -0.15) is 5.10 Å². The molecule has 0 bridgehead atoms. The van der Waals surface area contributed by atoms with Crippen molar-refractivity contribution in [2.24, 2.45) is 0 Å². The molecule has 8 heteroatoms. The molecule has 0 saturated carbocycles. The van der Waals surface area contributed by atoms with Crippen LogP contribution in [0.4, 0.5) is 0 Å². The van der Waals surface area contributed by atoms with Gasteiger partial charge in [0.05, 0.1) is 28.7 Å². The molecule has 3 aromatic rings. The Morgan fingerprint density at radius 3 is 2.56 bits per heavy atom. The fourth-order valence-corrected chi connectivity index (χ4v) is 4.95. The highest BCUT2D eigenvalue weighted by Crippen LogP contribution is 2.30. The Kier molecular flexibility index (Phi) is 5.99. The number of carbonyl (C=O) groups excluding carboxylic acids is 2. The maximum Gasteiger partial charge on any atom is 0.256 e. The van der Waals surface area contributed by atoms with Gasteiger partial charge < -0.3 is 10.2 Å². The molecular weight excluding hydrogens is 422 g/mol. The van der Waals surface area contributed by atoms with Crippen LogP contribution in [0.3, 0.4) is 0 Å². The smallest absolute Gasteiger partial charge is 0.256 e. The summed E-state index contributed by atoms with van der Waals surface area (Å²) in [5.74, 6) is 0.766. The first-order valence-corrected chi connectivity index (χ1v) is 12.0. The van der Waals surface area contributed by atoms with E-state index in [9.17, 15) is 9.59 Å². The summed E-state index contributed by atoms with van der Waals surface area (Å²) in [5.41, 5.74) is 2.48. The summed E-state index contributed by atoms with van der Waals surface area (Å²) >= 11 is 1.59. The number of hydrogen-bond donors (Lipinski definition) is 1. The summed E-state index contributed by atoms with van der Waals surface area (Å²) in [6.45, 7) is 9.90. The molecule has 7 nitrogen and oxygen atoms in total. The number of carbonyl (C=O) groups is 2. The van der Waals surface area contributed by atoms with E-state index in [0.29, 0.717) is 33.9 Å². The van der Waals surface area contributed by atoms with Crippen LogP contribution in [0.5, 0.6) is 0 Å². The van der Waals surface area contributed by atoms with Crippen molar-refractivity contribution in [3.05, 3.63) is 48.2 Å². The number of pyridine rings is 1. The van der Waals surface area contributed by atoms with E-state index in [1.54, 1.807) is 22.9 Å². The average molecular weight is 452 g/mol. The zero-order valence-electron chi connectivity index (χ0n) is 19.1. The van der Waals surface area contributed by atoms with E-state index in [-0.39, 0.29) is 23.4 Å². The number of thioether (sulfide) groups is 1. The molecule has 1 aromatic carbocycles. The fraction of sp³-hybridized carbons (Fsp3) is 0.417. The lowest BCUT2D eigenvalue weighted by atomic mass is 10.0. The number of aromatic nitrogens is 3. The number of benzene rings is 1. The van der Waals surface area contributed by atoms with Crippen molar-refractivity contribution in [3.8, 4) is 11.3 Å². The molecular formula is C24H29N5O2S. The number of fused-ring (bicyclic) bond motifs is 1. The van der Waals surface area contributed by atoms with E-state index < -0.39 is 6.04 Å². The van der Waals surface area contributed by atoms with Gasteiger partial charge in [0.15, 0.2) is 5.65 Å². The minimum absolute atomic E-state index is 0.0987. The molecule has 1 atom stereocenters. The Morgan fingerprint density at radius 1 is 1.19 bits per heavy atom. The number of nitrogens with zero attached hydrogens (tertiary/aromatic N) is 4. The first-order chi connectivity index (χ1) is 15.2. The van der Waals surface area contributed by atoms with E-state index in [1.165, 1.54) is 0 Å². The molecule has 1 N–H and O–H groups in total. The Hall–Kier alpha value is -2.87. The molecule has 168 valence electrons. The lowest BCUT2D eigenvalue weighted by molar-refractivity contribution is -0.125. The summed E-state index contributed by atoms with van der Waals surface area (Å²) in [6, 6.07) is 11.2. The quantitative estimate of drug-likeness (QED) is 0.646. The Morgan fingerprint density at radius 2 is 1.91 bits per heavy atom.